The lowest BCUT2D eigenvalue weighted by Crippen LogP contribution is -2.71. The van der Waals surface area contributed by atoms with Crippen LogP contribution in [0.3, 0.4) is 0 Å². The van der Waals surface area contributed by atoms with E-state index < -0.39 is 23.5 Å². The van der Waals surface area contributed by atoms with Gasteiger partial charge in [-0.2, -0.15) is 5.26 Å². The van der Waals surface area contributed by atoms with Gasteiger partial charge >= 0.3 is 0 Å². The Morgan fingerprint density at radius 3 is 2.66 bits per heavy atom. The number of hydrogen-bond donors (Lipinski definition) is 2. The molecule has 1 spiro atoms. The molecule has 1 atom stereocenters. The average Bonchev–Trinajstić information content (AvgIpc) is 2.61. The average molecular weight is 415 g/mol. The van der Waals surface area contributed by atoms with Crippen molar-refractivity contribution >= 4 is 28.8 Å². The van der Waals surface area contributed by atoms with Crippen LogP contribution in [0, 0.1) is 28.4 Å². The fourth-order valence-corrected chi connectivity index (χ4v) is 4.75. The van der Waals surface area contributed by atoms with Crippen molar-refractivity contribution < 1.29 is 13.6 Å². The van der Waals surface area contributed by atoms with Crippen LogP contribution >= 0.6 is 11.6 Å². The summed E-state index contributed by atoms with van der Waals surface area (Å²) in [4.78, 5) is 14.5. The highest BCUT2D eigenvalue weighted by Crippen LogP contribution is 2.44. The second-order valence-electron chi connectivity index (χ2n) is 8.08. The highest BCUT2D eigenvalue weighted by Gasteiger charge is 2.49. The van der Waals surface area contributed by atoms with Gasteiger partial charge in [0.1, 0.15) is 5.69 Å². The first kappa shape index (κ1) is 18.3. The van der Waals surface area contributed by atoms with Crippen LogP contribution < -0.4 is 15.5 Å². The van der Waals surface area contributed by atoms with Crippen molar-refractivity contribution in [2.75, 3.05) is 36.4 Å². The summed E-state index contributed by atoms with van der Waals surface area (Å²) in [5.74, 6) is -1.92. The molecule has 0 aliphatic carbocycles. The van der Waals surface area contributed by atoms with Gasteiger partial charge in [-0.05, 0) is 23.8 Å². The van der Waals surface area contributed by atoms with Crippen LogP contribution in [-0.2, 0) is 0 Å². The molecule has 5 rings (SSSR count). The van der Waals surface area contributed by atoms with Crippen molar-refractivity contribution in [3.05, 3.63) is 57.6 Å². The second-order valence-corrected chi connectivity index (χ2v) is 8.48. The summed E-state index contributed by atoms with van der Waals surface area (Å²) in [6.45, 7) is 2.85. The number of halogens is 3. The molecule has 2 fully saturated rings. The number of Topliss-reactive ketones (excluding diaryl/α,β-unsaturated/α-hetero) is 1. The lowest BCUT2D eigenvalue weighted by atomic mass is 9.74. The molecule has 8 heteroatoms. The van der Waals surface area contributed by atoms with Crippen molar-refractivity contribution in [1.82, 2.24) is 5.32 Å². The minimum atomic E-state index is -0.810. The first-order valence-electron chi connectivity index (χ1n) is 9.38. The van der Waals surface area contributed by atoms with Crippen LogP contribution in [0.5, 0.6) is 0 Å². The van der Waals surface area contributed by atoms with Gasteiger partial charge in [0.2, 0.25) is 0 Å². The quantitative estimate of drug-likeness (QED) is 0.785. The highest BCUT2D eigenvalue weighted by molar-refractivity contribution is 6.31. The second kappa shape index (κ2) is 6.41. The minimum Gasteiger partial charge on any atom is -0.377 e. The van der Waals surface area contributed by atoms with E-state index in [0.717, 1.165) is 13.1 Å². The van der Waals surface area contributed by atoms with E-state index in [1.165, 1.54) is 6.07 Å². The number of rotatable bonds is 2. The van der Waals surface area contributed by atoms with E-state index in [2.05, 4.69) is 10.6 Å². The molecule has 0 aromatic heterocycles. The standard InChI is InChI=1S/C21H17ClF2N4O/c22-13-2-1-11(6-25)3-12(13)15-5-17(29)18-16(27-15)4-14(23)20(19(18)24)28-9-21(10-28)7-26-8-21/h1-4,15,26-27H,5,7-10H2. The number of carbonyl (C=O) groups is 1. The highest BCUT2D eigenvalue weighted by atomic mass is 35.5. The summed E-state index contributed by atoms with van der Waals surface area (Å²) >= 11 is 6.24. The zero-order valence-corrected chi connectivity index (χ0v) is 16.1. The van der Waals surface area contributed by atoms with Gasteiger partial charge in [0.05, 0.1) is 28.9 Å². The molecule has 0 saturated carbocycles. The number of fused-ring (bicyclic) bond motifs is 1. The molecular formula is C21H17ClF2N4O. The van der Waals surface area contributed by atoms with Crippen molar-refractivity contribution in [3.63, 3.8) is 0 Å². The fourth-order valence-electron chi connectivity index (χ4n) is 4.50. The predicted molar refractivity (Wildman–Crippen MR) is 105 cm³/mol. The van der Waals surface area contributed by atoms with Gasteiger partial charge in [0.25, 0.3) is 0 Å². The maximum absolute atomic E-state index is 15.2. The van der Waals surface area contributed by atoms with E-state index >= 15 is 4.39 Å². The number of hydrogen-bond acceptors (Lipinski definition) is 5. The molecule has 0 amide bonds. The number of nitriles is 1. The smallest absolute Gasteiger partial charge is 0.170 e. The van der Waals surface area contributed by atoms with E-state index in [4.69, 9.17) is 16.9 Å². The summed E-state index contributed by atoms with van der Waals surface area (Å²) in [6.07, 6.45) is -0.0303. The molecule has 3 aliphatic heterocycles. The first-order valence-corrected chi connectivity index (χ1v) is 9.75. The summed E-state index contributed by atoms with van der Waals surface area (Å²) in [7, 11) is 0. The Balaban J connectivity index is 1.49. The summed E-state index contributed by atoms with van der Waals surface area (Å²) in [5, 5.41) is 15.7. The summed E-state index contributed by atoms with van der Waals surface area (Å²) in [6, 6.07) is 7.40. The third-order valence-corrected chi connectivity index (χ3v) is 6.41. The summed E-state index contributed by atoms with van der Waals surface area (Å²) < 4.78 is 30.0. The topological polar surface area (TPSA) is 68.2 Å². The third-order valence-electron chi connectivity index (χ3n) is 6.06. The Hall–Kier alpha value is -2.69. The van der Waals surface area contributed by atoms with Gasteiger partial charge < -0.3 is 15.5 Å². The number of nitrogens with zero attached hydrogens (tertiary/aromatic N) is 2. The Morgan fingerprint density at radius 2 is 2.00 bits per heavy atom. The molecule has 3 heterocycles. The van der Waals surface area contributed by atoms with Crippen LogP contribution in [0.2, 0.25) is 5.02 Å². The van der Waals surface area contributed by atoms with E-state index in [1.54, 1.807) is 23.1 Å². The number of ketones is 1. The number of carbonyl (C=O) groups excluding carboxylic acids is 1. The molecule has 2 aromatic carbocycles. The molecular weight excluding hydrogens is 398 g/mol. The van der Waals surface area contributed by atoms with E-state index in [-0.39, 0.29) is 28.8 Å². The number of anilines is 2. The largest absolute Gasteiger partial charge is 0.377 e. The fraction of sp³-hybridized carbons (Fsp3) is 0.333. The SMILES string of the molecule is N#Cc1ccc(Cl)c(C2CC(=O)c3c(cc(F)c(N4CC5(CNC5)C4)c3F)N2)c1. The van der Waals surface area contributed by atoms with Crippen molar-refractivity contribution in [2.24, 2.45) is 5.41 Å². The van der Waals surface area contributed by atoms with E-state index in [0.29, 0.717) is 29.2 Å². The Morgan fingerprint density at radius 1 is 1.24 bits per heavy atom. The molecule has 148 valence electrons. The molecule has 1 unspecified atom stereocenters. The van der Waals surface area contributed by atoms with Crippen molar-refractivity contribution in [2.45, 2.75) is 12.5 Å². The van der Waals surface area contributed by atoms with Crippen LogP contribution in [0.25, 0.3) is 0 Å². The van der Waals surface area contributed by atoms with Gasteiger partial charge in [0, 0.05) is 49.1 Å². The zero-order valence-electron chi connectivity index (χ0n) is 15.4. The predicted octanol–water partition coefficient (Wildman–Crippen LogP) is 3.64. The van der Waals surface area contributed by atoms with Crippen LogP contribution in [0.4, 0.5) is 20.2 Å². The van der Waals surface area contributed by atoms with E-state index in [9.17, 15) is 9.18 Å². The van der Waals surface area contributed by atoms with Gasteiger partial charge in [-0.1, -0.05) is 11.6 Å². The maximum Gasteiger partial charge on any atom is 0.170 e. The molecule has 2 saturated heterocycles. The monoisotopic (exact) mass is 414 g/mol. The number of benzene rings is 2. The molecule has 2 aromatic rings. The molecule has 0 radical (unpaired) electrons. The normalized spacial score (nSPS) is 21.7. The lowest BCUT2D eigenvalue weighted by molar-refractivity contribution is 0.0967. The molecule has 29 heavy (non-hydrogen) atoms. The maximum atomic E-state index is 15.2. The van der Waals surface area contributed by atoms with Crippen molar-refractivity contribution in [3.8, 4) is 6.07 Å². The Bertz CT molecular complexity index is 1090. The lowest BCUT2D eigenvalue weighted by Gasteiger charge is -2.57. The van der Waals surface area contributed by atoms with Gasteiger partial charge in [0.15, 0.2) is 17.4 Å². The Labute approximate surface area is 171 Å². The molecule has 0 bridgehead atoms. The van der Waals surface area contributed by atoms with Gasteiger partial charge in [-0.25, -0.2) is 8.78 Å². The number of nitrogens with one attached hydrogen (secondary N) is 2. The van der Waals surface area contributed by atoms with Crippen LogP contribution in [0.1, 0.15) is 33.9 Å². The third kappa shape index (κ3) is 2.78. The van der Waals surface area contributed by atoms with Gasteiger partial charge in [-0.15, -0.1) is 0 Å². The Kier molecular flexibility index (Phi) is 4.05. The molecule has 5 nitrogen and oxygen atoms in total. The van der Waals surface area contributed by atoms with Crippen molar-refractivity contribution in [1.29, 1.82) is 5.26 Å². The minimum absolute atomic E-state index is 0.0303. The van der Waals surface area contributed by atoms with Crippen LogP contribution in [0.15, 0.2) is 24.3 Å². The summed E-state index contributed by atoms with van der Waals surface area (Å²) in [5.41, 5.74) is 0.928. The van der Waals surface area contributed by atoms with Gasteiger partial charge in [-0.3, -0.25) is 4.79 Å². The first-order chi connectivity index (χ1) is 13.9. The van der Waals surface area contributed by atoms with Crippen LogP contribution in [-0.4, -0.2) is 32.0 Å². The molecule has 2 N–H and O–H groups in total. The van der Waals surface area contributed by atoms with E-state index in [1.807, 2.05) is 6.07 Å². The molecule has 3 aliphatic rings. The zero-order chi connectivity index (χ0) is 20.3.